The number of hydrogen-bond acceptors (Lipinski definition) is 1. The Balaban J connectivity index is 2.27. The van der Waals surface area contributed by atoms with E-state index in [0.29, 0.717) is 5.56 Å². The third kappa shape index (κ3) is 3.24. The summed E-state index contributed by atoms with van der Waals surface area (Å²) in [4.78, 5) is 12.3. The lowest BCUT2D eigenvalue weighted by molar-refractivity contribution is 0.102. The lowest BCUT2D eigenvalue weighted by Crippen LogP contribution is -2.14. The molecular formula is C16H16BrNO. The fraction of sp³-hybridized carbons (Fsp3) is 0.188. The Morgan fingerprint density at radius 1 is 1.21 bits per heavy atom. The van der Waals surface area contributed by atoms with Crippen LogP contribution in [-0.2, 0) is 6.42 Å². The number of carbonyl (C=O) groups is 1. The largest absolute Gasteiger partial charge is 0.322 e. The minimum Gasteiger partial charge on any atom is -0.322 e. The van der Waals surface area contributed by atoms with Crippen molar-refractivity contribution in [1.82, 2.24) is 0 Å². The van der Waals surface area contributed by atoms with Crippen molar-refractivity contribution >= 4 is 27.5 Å². The summed E-state index contributed by atoms with van der Waals surface area (Å²) in [5.41, 5.74) is 3.69. The zero-order valence-corrected chi connectivity index (χ0v) is 12.6. The summed E-state index contributed by atoms with van der Waals surface area (Å²) < 4.78 is 1.03. The Bertz CT molecular complexity index is 607. The number of benzene rings is 2. The van der Waals surface area contributed by atoms with Crippen molar-refractivity contribution in [2.45, 2.75) is 20.3 Å². The van der Waals surface area contributed by atoms with E-state index in [9.17, 15) is 4.79 Å². The zero-order chi connectivity index (χ0) is 13.8. The first-order chi connectivity index (χ1) is 9.11. The van der Waals surface area contributed by atoms with Crippen LogP contribution in [-0.4, -0.2) is 5.91 Å². The van der Waals surface area contributed by atoms with Crippen molar-refractivity contribution in [3.8, 4) is 0 Å². The first-order valence-electron chi connectivity index (χ1n) is 6.27. The van der Waals surface area contributed by atoms with Crippen LogP contribution in [0.5, 0.6) is 0 Å². The molecule has 0 unspecified atom stereocenters. The number of hydrogen-bond donors (Lipinski definition) is 1. The molecule has 1 amide bonds. The number of halogens is 1. The summed E-state index contributed by atoms with van der Waals surface area (Å²) in [6.07, 6.45) is 0.878. The summed E-state index contributed by atoms with van der Waals surface area (Å²) in [6.45, 7) is 4.02. The maximum atomic E-state index is 12.3. The van der Waals surface area contributed by atoms with E-state index in [0.717, 1.165) is 27.7 Å². The van der Waals surface area contributed by atoms with Gasteiger partial charge in [0.25, 0.3) is 5.91 Å². The SMILES string of the molecule is CCc1cc(Br)ccc1NC(=O)c1ccccc1C. The zero-order valence-electron chi connectivity index (χ0n) is 11.0. The van der Waals surface area contributed by atoms with Gasteiger partial charge in [-0.05, 0) is 48.7 Å². The number of rotatable bonds is 3. The second-order valence-electron chi connectivity index (χ2n) is 4.42. The molecule has 2 aromatic rings. The van der Waals surface area contributed by atoms with Crippen molar-refractivity contribution in [3.63, 3.8) is 0 Å². The van der Waals surface area contributed by atoms with Crippen LogP contribution in [0, 0.1) is 6.92 Å². The number of amides is 1. The van der Waals surface area contributed by atoms with Crippen molar-refractivity contribution in [1.29, 1.82) is 0 Å². The highest BCUT2D eigenvalue weighted by Gasteiger charge is 2.10. The first kappa shape index (κ1) is 13.8. The fourth-order valence-corrected chi connectivity index (χ4v) is 2.40. The molecule has 0 aliphatic rings. The van der Waals surface area contributed by atoms with Crippen LogP contribution in [0.1, 0.15) is 28.4 Å². The Morgan fingerprint density at radius 3 is 2.63 bits per heavy atom. The highest BCUT2D eigenvalue weighted by Crippen LogP contribution is 2.22. The quantitative estimate of drug-likeness (QED) is 0.882. The Morgan fingerprint density at radius 2 is 1.95 bits per heavy atom. The third-order valence-corrected chi connectivity index (χ3v) is 3.58. The van der Waals surface area contributed by atoms with Crippen LogP contribution in [0.4, 0.5) is 5.69 Å². The van der Waals surface area contributed by atoms with Crippen molar-refractivity contribution in [2.75, 3.05) is 5.32 Å². The molecule has 0 atom stereocenters. The molecule has 1 N–H and O–H groups in total. The van der Waals surface area contributed by atoms with Gasteiger partial charge in [0.1, 0.15) is 0 Å². The maximum absolute atomic E-state index is 12.3. The van der Waals surface area contributed by atoms with Crippen molar-refractivity contribution < 1.29 is 4.79 Å². The summed E-state index contributed by atoms with van der Waals surface area (Å²) in [6, 6.07) is 13.5. The normalized spacial score (nSPS) is 10.3. The highest BCUT2D eigenvalue weighted by molar-refractivity contribution is 9.10. The van der Waals surface area contributed by atoms with Gasteiger partial charge < -0.3 is 5.32 Å². The molecule has 19 heavy (non-hydrogen) atoms. The first-order valence-corrected chi connectivity index (χ1v) is 7.06. The molecular weight excluding hydrogens is 302 g/mol. The van der Waals surface area contributed by atoms with E-state index in [4.69, 9.17) is 0 Å². The molecule has 0 saturated carbocycles. The van der Waals surface area contributed by atoms with Crippen molar-refractivity contribution in [2.24, 2.45) is 0 Å². The number of nitrogens with one attached hydrogen (secondary N) is 1. The monoisotopic (exact) mass is 317 g/mol. The fourth-order valence-electron chi connectivity index (χ4n) is 1.99. The number of aryl methyl sites for hydroxylation is 2. The highest BCUT2D eigenvalue weighted by atomic mass is 79.9. The van der Waals surface area contributed by atoms with Crippen LogP contribution in [0.25, 0.3) is 0 Å². The van der Waals surface area contributed by atoms with Gasteiger partial charge in [-0.1, -0.05) is 41.1 Å². The molecule has 2 rings (SSSR count). The molecule has 0 heterocycles. The summed E-state index contributed by atoms with van der Waals surface area (Å²) >= 11 is 3.45. The van der Waals surface area contributed by atoms with E-state index in [1.54, 1.807) is 0 Å². The molecule has 0 spiro atoms. The van der Waals surface area contributed by atoms with Crippen LogP contribution in [0.3, 0.4) is 0 Å². The van der Waals surface area contributed by atoms with E-state index in [-0.39, 0.29) is 5.91 Å². The minimum absolute atomic E-state index is 0.0601. The lowest BCUT2D eigenvalue weighted by Gasteiger charge is -2.11. The third-order valence-electron chi connectivity index (χ3n) is 3.09. The Hall–Kier alpha value is -1.61. The van der Waals surface area contributed by atoms with Gasteiger partial charge in [0.15, 0.2) is 0 Å². The average Bonchev–Trinajstić information content (AvgIpc) is 2.41. The van der Waals surface area contributed by atoms with Gasteiger partial charge in [-0.3, -0.25) is 4.79 Å². The predicted molar refractivity (Wildman–Crippen MR) is 82.7 cm³/mol. The standard InChI is InChI=1S/C16H16BrNO/c1-3-12-10-13(17)8-9-15(12)18-16(19)14-7-5-4-6-11(14)2/h4-10H,3H2,1-2H3,(H,18,19). The predicted octanol–water partition coefficient (Wildman–Crippen LogP) is 4.57. The average molecular weight is 318 g/mol. The van der Waals surface area contributed by atoms with Crippen LogP contribution in [0.2, 0.25) is 0 Å². The van der Waals surface area contributed by atoms with Gasteiger partial charge in [0, 0.05) is 15.7 Å². The molecule has 2 nitrogen and oxygen atoms in total. The van der Waals surface area contributed by atoms with Crippen molar-refractivity contribution in [3.05, 3.63) is 63.6 Å². The molecule has 0 fully saturated rings. The molecule has 0 bridgehead atoms. The Labute approximate surface area is 122 Å². The summed E-state index contributed by atoms with van der Waals surface area (Å²) in [5.74, 6) is -0.0601. The van der Waals surface area contributed by atoms with Gasteiger partial charge in [0.05, 0.1) is 0 Å². The molecule has 0 aliphatic carbocycles. The van der Waals surface area contributed by atoms with E-state index < -0.39 is 0 Å². The van der Waals surface area contributed by atoms with Gasteiger partial charge in [-0.15, -0.1) is 0 Å². The van der Waals surface area contributed by atoms with Gasteiger partial charge in [-0.25, -0.2) is 0 Å². The van der Waals surface area contributed by atoms with Crippen LogP contribution < -0.4 is 5.32 Å². The Kier molecular flexibility index (Phi) is 4.38. The molecule has 0 aromatic heterocycles. The molecule has 98 valence electrons. The lowest BCUT2D eigenvalue weighted by atomic mass is 10.1. The minimum atomic E-state index is -0.0601. The van der Waals surface area contributed by atoms with E-state index in [1.165, 1.54) is 0 Å². The van der Waals surface area contributed by atoms with Crippen LogP contribution >= 0.6 is 15.9 Å². The van der Waals surface area contributed by atoms with Gasteiger partial charge in [0.2, 0.25) is 0 Å². The topological polar surface area (TPSA) is 29.1 Å². The summed E-state index contributed by atoms with van der Waals surface area (Å²) in [5, 5.41) is 2.99. The molecule has 3 heteroatoms. The molecule has 0 radical (unpaired) electrons. The van der Waals surface area contributed by atoms with Crippen LogP contribution in [0.15, 0.2) is 46.9 Å². The second kappa shape index (κ2) is 6.02. The molecule has 0 saturated heterocycles. The van der Waals surface area contributed by atoms with E-state index in [2.05, 4.69) is 28.2 Å². The number of carbonyl (C=O) groups excluding carboxylic acids is 1. The molecule has 2 aromatic carbocycles. The maximum Gasteiger partial charge on any atom is 0.255 e. The van der Waals surface area contributed by atoms with Gasteiger partial charge in [-0.2, -0.15) is 0 Å². The second-order valence-corrected chi connectivity index (χ2v) is 5.34. The smallest absolute Gasteiger partial charge is 0.255 e. The molecule has 0 aliphatic heterocycles. The summed E-state index contributed by atoms with van der Waals surface area (Å²) in [7, 11) is 0. The number of anilines is 1. The van der Waals surface area contributed by atoms with Gasteiger partial charge >= 0.3 is 0 Å². The van der Waals surface area contributed by atoms with E-state index in [1.807, 2.05) is 49.4 Å². The van der Waals surface area contributed by atoms with E-state index >= 15 is 0 Å².